The van der Waals surface area contributed by atoms with Crippen molar-refractivity contribution >= 4 is 0 Å². The molecule has 0 aliphatic carbocycles. The van der Waals surface area contributed by atoms with Crippen LogP contribution in [0.3, 0.4) is 0 Å². The second kappa shape index (κ2) is 3.88. The van der Waals surface area contributed by atoms with Gasteiger partial charge in [-0.2, -0.15) is 0 Å². The fraction of sp³-hybridized carbons (Fsp3) is 0.571. The van der Waals surface area contributed by atoms with Crippen LogP contribution in [0.25, 0.3) is 0 Å². The van der Waals surface area contributed by atoms with Gasteiger partial charge in [0.1, 0.15) is 0 Å². The molecule has 0 bridgehead atoms. The number of hydrogen-bond donors (Lipinski definition) is 1. The standard InChI is InChI=1S/C7H11N3O3/c1-3-10-6(11)8-5(13-4-2)9-7(10)12/h3-4H2,1-2H3,(H,8,9,11,12). The lowest BCUT2D eigenvalue weighted by molar-refractivity contribution is 0.305. The van der Waals surface area contributed by atoms with E-state index in [1.807, 2.05) is 0 Å². The fourth-order valence-corrected chi connectivity index (χ4v) is 0.905. The molecule has 0 fully saturated rings. The Kier molecular flexibility index (Phi) is 2.84. The van der Waals surface area contributed by atoms with Gasteiger partial charge in [0, 0.05) is 6.54 Å². The fourth-order valence-electron chi connectivity index (χ4n) is 0.905. The molecule has 1 heterocycles. The molecule has 0 aromatic carbocycles. The molecular weight excluding hydrogens is 174 g/mol. The first-order chi connectivity index (χ1) is 6.19. The van der Waals surface area contributed by atoms with E-state index in [4.69, 9.17) is 4.74 Å². The Hall–Kier alpha value is -1.59. The molecule has 0 aliphatic rings. The van der Waals surface area contributed by atoms with Gasteiger partial charge in [0.2, 0.25) is 0 Å². The summed E-state index contributed by atoms with van der Waals surface area (Å²) < 4.78 is 5.88. The molecular formula is C7H11N3O3. The van der Waals surface area contributed by atoms with Crippen LogP contribution in [0.2, 0.25) is 0 Å². The summed E-state index contributed by atoms with van der Waals surface area (Å²) in [7, 11) is 0. The van der Waals surface area contributed by atoms with E-state index in [2.05, 4.69) is 9.97 Å². The SMILES string of the molecule is CCOc1nc(=O)n(CC)c(=O)[nH]1. The molecule has 0 unspecified atom stereocenters. The van der Waals surface area contributed by atoms with Crippen LogP contribution in [0, 0.1) is 0 Å². The zero-order valence-corrected chi connectivity index (χ0v) is 7.53. The second-order valence-corrected chi connectivity index (χ2v) is 2.31. The highest BCUT2D eigenvalue weighted by Crippen LogP contribution is 1.90. The van der Waals surface area contributed by atoms with Gasteiger partial charge in [0.05, 0.1) is 6.61 Å². The number of ether oxygens (including phenoxy) is 1. The van der Waals surface area contributed by atoms with Crippen molar-refractivity contribution < 1.29 is 4.74 Å². The molecule has 1 rings (SSSR count). The molecule has 0 spiro atoms. The minimum absolute atomic E-state index is 0.0257. The second-order valence-electron chi connectivity index (χ2n) is 2.31. The van der Waals surface area contributed by atoms with Gasteiger partial charge in [0.25, 0.3) is 0 Å². The van der Waals surface area contributed by atoms with Crippen LogP contribution < -0.4 is 16.1 Å². The molecule has 6 heteroatoms. The number of hydrogen-bond acceptors (Lipinski definition) is 4. The Bertz CT molecular complexity index is 361. The molecule has 0 saturated heterocycles. The number of nitrogens with one attached hydrogen (secondary N) is 1. The van der Waals surface area contributed by atoms with Gasteiger partial charge >= 0.3 is 17.4 Å². The molecule has 1 N–H and O–H groups in total. The van der Waals surface area contributed by atoms with Crippen LogP contribution in [0.1, 0.15) is 13.8 Å². The predicted octanol–water partition coefficient (Wildman–Crippen LogP) is -0.650. The molecule has 72 valence electrons. The van der Waals surface area contributed by atoms with Crippen LogP contribution in [0.5, 0.6) is 6.01 Å². The summed E-state index contributed by atoms with van der Waals surface area (Å²) in [6, 6.07) is -0.0257. The van der Waals surface area contributed by atoms with Crippen molar-refractivity contribution in [3.63, 3.8) is 0 Å². The van der Waals surface area contributed by atoms with E-state index in [-0.39, 0.29) is 6.01 Å². The minimum Gasteiger partial charge on any atom is -0.465 e. The van der Waals surface area contributed by atoms with E-state index < -0.39 is 11.4 Å². The summed E-state index contributed by atoms with van der Waals surface area (Å²) in [5.74, 6) is 0. The smallest absolute Gasteiger partial charge is 0.356 e. The lowest BCUT2D eigenvalue weighted by Gasteiger charge is -2.02. The van der Waals surface area contributed by atoms with Crippen LogP contribution in [-0.4, -0.2) is 21.1 Å². The third-order valence-corrected chi connectivity index (χ3v) is 1.48. The van der Waals surface area contributed by atoms with E-state index in [1.165, 1.54) is 0 Å². The number of aromatic amines is 1. The summed E-state index contributed by atoms with van der Waals surface area (Å²) in [6.45, 7) is 4.09. The van der Waals surface area contributed by atoms with Crippen LogP contribution in [0.4, 0.5) is 0 Å². The van der Waals surface area contributed by atoms with Crippen molar-refractivity contribution in [3.05, 3.63) is 21.0 Å². The van der Waals surface area contributed by atoms with Gasteiger partial charge < -0.3 is 4.74 Å². The van der Waals surface area contributed by atoms with Crippen molar-refractivity contribution in [2.45, 2.75) is 20.4 Å². The third kappa shape index (κ3) is 1.95. The van der Waals surface area contributed by atoms with Gasteiger partial charge in [-0.1, -0.05) is 0 Å². The van der Waals surface area contributed by atoms with Gasteiger partial charge in [-0.05, 0) is 13.8 Å². The summed E-state index contributed by atoms with van der Waals surface area (Å²) in [5.41, 5.74) is -1.08. The van der Waals surface area contributed by atoms with Crippen LogP contribution in [0.15, 0.2) is 9.59 Å². The molecule has 0 atom stereocenters. The maximum atomic E-state index is 11.2. The third-order valence-electron chi connectivity index (χ3n) is 1.48. The normalized spacial score (nSPS) is 10.0. The summed E-state index contributed by atoms with van der Waals surface area (Å²) in [4.78, 5) is 28.1. The van der Waals surface area contributed by atoms with E-state index in [1.54, 1.807) is 13.8 Å². The first kappa shape index (κ1) is 9.50. The van der Waals surface area contributed by atoms with E-state index in [9.17, 15) is 9.59 Å². The van der Waals surface area contributed by atoms with E-state index >= 15 is 0 Å². The van der Waals surface area contributed by atoms with Crippen LogP contribution >= 0.6 is 0 Å². The quantitative estimate of drug-likeness (QED) is 0.678. The zero-order chi connectivity index (χ0) is 9.84. The number of aromatic nitrogens is 3. The molecule has 0 radical (unpaired) electrons. The van der Waals surface area contributed by atoms with Crippen molar-refractivity contribution in [1.29, 1.82) is 0 Å². The van der Waals surface area contributed by atoms with E-state index in [0.717, 1.165) is 4.57 Å². The molecule has 6 nitrogen and oxygen atoms in total. The first-order valence-electron chi connectivity index (χ1n) is 4.03. The highest BCUT2D eigenvalue weighted by atomic mass is 16.5. The summed E-state index contributed by atoms with van der Waals surface area (Å²) in [5, 5.41) is 0. The number of nitrogens with zero attached hydrogens (tertiary/aromatic N) is 2. The lowest BCUT2D eigenvalue weighted by Crippen LogP contribution is -2.36. The number of H-pyrrole nitrogens is 1. The van der Waals surface area contributed by atoms with Gasteiger partial charge in [-0.25, -0.2) is 14.2 Å². The largest absolute Gasteiger partial charge is 0.465 e. The maximum absolute atomic E-state index is 11.2. The summed E-state index contributed by atoms with van der Waals surface area (Å²) in [6.07, 6.45) is 0. The predicted molar refractivity (Wildman–Crippen MR) is 46.0 cm³/mol. The van der Waals surface area contributed by atoms with Crippen molar-refractivity contribution in [3.8, 4) is 6.01 Å². The van der Waals surface area contributed by atoms with E-state index in [0.29, 0.717) is 13.2 Å². The molecule has 0 saturated carbocycles. The Balaban J connectivity index is 3.21. The Morgan fingerprint density at radius 2 is 2.15 bits per heavy atom. The highest BCUT2D eigenvalue weighted by Gasteiger charge is 2.03. The summed E-state index contributed by atoms with van der Waals surface area (Å²) >= 11 is 0. The van der Waals surface area contributed by atoms with Crippen molar-refractivity contribution in [2.75, 3.05) is 6.61 Å². The molecule has 1 aromatic rings. The van der Waals surface area contributed by atoms with Gasteiger partial charge in [0.15, 0.2) is 0 Å². The Morgan fingerprint density at radius 3 is 2.62 bits per heavy atom. The van der Waals surface area contributed by atoms with Crippen LogP contribution in [-0.2, 0) is 6.54 Å². The van der Waals surface area contributed by atoms with Gasteiger partial charge in [-0.15, -0.1) is 4.98 Å². The van der Waals surface area contributed by atoms with Crippen molar-refractivity contribution in [1.82, 2.24) is 14.5 Å². The molecule has 0 aliphatic heterocycles. The molecule has 13 heavy (non-hydrogen) atoms. The molecule has 0 amide bonds. The Labute approximate surface area is 74.2 Å². The highest BCUT2D eigenvalue weighted by molar-refractivity contribution is 4.89. The maximum Gasteiger partial charge on any atom is 0.356 e. The average Bonchev–Trinajstić information content (AvgIpc) is 2.04. The topological polar surface area (TPSA) is 77.0 Å². The average molecular weight is 185 g/mol. The van der Waals surface area contributed by atoms with Crippen molar-refractivity contribution in [2.24, 2.45) is 0 Å². The monoisotopic (exact) mass is 185 g/mol. The number of rotatable bonds is 3. The minimum atomic E-state index is -0.588. The Morgan fingerprint density at radius 1 is 1.46 bits per heavy atom. The molecule has 1 aromatic heterocycles. The zero-order valence-electron chi connectivity index (χ0n) is 7.53. The van der Waals surface area contributed by atoms with Gasteiger partial charge in [-0.3, -0.25) is 4.98 Å². The lowest BCUT2D eigenvalue weighted by atomic mass is 10.7. The first-order valence-corrected chi connectivity index (χ1v) is 4.03.